The van der Waals surface area contributed by atoms with Crippen LogP contribution in [0.5, 0.6) is 11.5 Å². The van der Waals surface area contributed by atoms with Gasteiger partial charge in [0, 0.05) is 17.0 Å². The Kier molecular flexibility index (Phi) is 5.14. The maximum atomic E-state index is 6.20. The molecule has 1 aromatic heterocycles. The first-order valence-electron chi connectivity index (χ1n) is 7.01. The van der Waals surface area contributed by atoms with Crippen LogP contribution in [0.3, 0.4) is 0 Å². The first kappa shape index (κ1) is 16.9. The average molecular weight is 381 g/mol. The Morgan fingerprint density at radius 1 is 1.08 bits per heavy atom. The molecule has 124 valence electrons. The monoisotopic (exact) mass is 380 g/mol. The summed E-state index contributed by atoms with van der Waals surface area (Å²) in [6.45, 7) is 0. The molecule has 0 aliphatic heterocycles. The number of rotatable bonds is 5. The predicted octanol–water partition coefficient (Wildman–Crippen LogP) is 5.88. The quantitative estimate of drug-likeness (QED) is 0.600. The Morgan fingerprint density at radius 3 is 2.67 bits per heavy atom. The number of hydrogen-bond donors (Lipinski definition) is 1. The third kappa shape index (κ3) is 3.43. The van der Waals surface area contributed by atoms with Crippen LogP contribution in [0.25, 0.3) is 11.3 Å². The minimum absolute atomic E-state index is 0.470. The minimum Gasteiger partial charge on any atom is -0.497 e. The molecule has 0 unspecified atom stereocenters. The number of benzene rings is 2. The van der Waals surface area contributed by atoms with Crippen molar-refractivity contribution in [3.8, 4) is 22.8 Å². The molecule has 0 bridgehead atoms. The van der Waals surface area contributed by atoms with Gasteiger partial charge in [-0.2, -0.15) is 0 Å². The lowest BCUT2D eigenvalue weighted by molar-refractivity contribution is 0.395. The van der Waals surface area contributed by atoms with Crippen molar-refractivity contribution in [1.29, 1.82) is 0 Å². The van der Waals surface area contributed by atoms with E-state index in [1.54, 1.807) is 20.3 Å². The van der Waals surface area contributed by atoms with Crippen molar-refractivity contribution >= 4 is 45.4 Å². The van der Waals surface area contributed by atoms with E-state index in [9.17, 15) is 0 Å². The molecule has 0 aliphatic rings. The molecule has 3 aromatic rings. The van der Waals surface area contributed by atoms with E-state index in [1.165, 1.54) is 11.3 Å². The third-order valence-electron chi connectivity index (χ3n) is 3.38. The van der Waals surface area contributed by atoms with Crippen molar-refractivity contribution in [2.24, 2.45) is 0 Å². The van der Waals surface area contributed by atoms with Crippen LogP contribution in [0.15, 0.2) is 41.8 Å². The summed E-state index contributed by atoms with van der Waals surface area (Å²) in [5.41, 5.74) is 2.41. The second kappa shape index (κ2) is 7.30. The summed E-state index contributed by atoms with van der Waals surface area (Å²) in [5, 5.41) is 6.82. The van der Waals surface area contributed by atoms with Crippen LogP contribution < -0.4 is 14.8 Å². The number of ether oxygens (including phenoxy) is 2. The van der Waals surface area contributed by atoms with Gasteiger partial charge in [-0.1, -0.05) is 29.3 Å². The highest BCUT2D eigenvalue weighted by molar-refractivity contribution is 7.14. The predicted molar refractivity (Wildman–Crippen MR) is 100 cm³/mol. The topological polar surface area (TPSA) is 43.4 Å². The minimum atomic E-state index is 0.470. The standard InChI is InChI=1S/C17H14Cl2N2O2S/c1-22-10-6-7-11(15(8-10)23-2)14-9-24-17(21-14)20-13-5-3-4-12(18)16(13)19/h3-9H,1-2H3,(H,20,21). The lowest BCUT2D eigenvalue weighted by Gasteiger charge is -2.08. The zero-order valence-corrected chi connectivity index (χ0v) is 15.3. The summed E-state index contributed by atoms with van der Waals surface area (Å²) in [7, 11) is 3.24. The molecule has 7 heteroatoms. The van der Waals surface area contributed by atoms with Crippen molar-refractivity contribution in [2.45, 2.75) is 0 Å². The van der Waals surface area contributed by atoms with E-state index in [1.807, 2.05) is 35.7 Å². The van der Waals surface area contributed by atoms with Crippen molar-refractivity contribution < 1.29 is 9.47 Å². The van der Waals surface area contributed by atoms with Crippen LogP contribution in [0, 0.1) is 0 Å². The molecule has 0 aliphatic carbocycles. The third-order valence-corrected chi connectivity index (χ3v) is 4.96. The number of nitrogens with zero attached hydrogens (tertiary/aromatic N) is 1. The van der Waals surface area contributed by atoms with Crippen LogP contribution in [-0.4, -0.2) is 19.2 Å². The van der Waals surface area contributed by atoms with Gasteiger partial charge in [0.05, 0.1) is 35.6 Å². The molecule has 0 saturated heterocycles. The van der Waals surface area contributed by atoms with E-state index in [2.05, 4.69) is 10.3 Å². The molecule has 4 nitrogen and oxygen atoms in total. The van der Waals surface area contributed by atoms with Gasteiger partial charge in [-0.3, -0.25) is 0 Å². The van der Waals surface area contributed by atoms with E-state index in [4.69, 9.17) is 32.7 Å². The number of halogens is 2. The highest BCUT2D eigenvalue weighted by Gasteiger charge is 2.12. The molecule has 0 fully saturated rings. The maximum absolute atomic E-state index is 6.20. The first-order valence-corrected chi connectivity index (χ1v) is 8.65. The zero-order chi connectivity index (χ0) is 17.1. The number of aromatic nitrogens is 1. The summed E-state index contributed by atoms with van der Waals surface area (Å²) in [5.74, 6) is 1.43. The van der Waals surface area contributed by atoms with Gasteiger partial charge in [0.2, 0.25) is 0 Å². The molecular formula is C17H14Cl2N2O2S. The Morgan fingerprint density at radius 2 is 1.92 bits per heavy atom. The molecule has 3 rings (SSSR count). The van der Waals surface area contributed by atoms with Crippen molar-refractivity contribution in [1.82, 2.24) is 4.98 Å². The van der Waals surface area contributed by atoms with Gasteiger partial charge in [0.1, 0.15) is 11.5 Å². The SMILES string of the molecule is COc1ccc(-c2csc(Nc3cccc(Cl)c3Cl)n2)c(OC)c1. The Bertz CT molecular complexity index is 868. The summed E-state index contributed by atoms with van der Waals surface area (Å²) >= 11 is 13.7. The number of methoxy groups -OCH3 is 2. The van der Waals surface area contributed by atoms with E-state index in [0.29, 0.717) is 26.6 Å². The molecular weight excluding hydrogens is 367 g/mol. The van der Waals surface area contributed by atoms with Gasteiger partial charge in [-0.15, -0.1) is 11.3 Å². The molecule has 0 spiro atoms. The highest BCUT2D eigenvalue weighted by atomic mass is 35.5. The molecule has 0 radical (unpaired) electrons. The van der Waals surface area contributed by atoms with Crippen molar-refractivity contribution in [2.75, 3.05) is 19.5 Å². The second-order valence-electron chi connectivity index (χ2n) is 4.83. The van der Waals surface area contributed by atoms with Crippen LogP contribution in [0.1, 0.15) is 0 Å². The summed E-state index contributed by atoms with van der Waals surface area (Å²) in [4.78, 5) is 4.60. The molecule has 0 saturated carbocycles. The fraction of sp³-hybridized carbons (Fsp3) is 0.118. The van der Waals surface area contributed by atoms with Gasteiger partial charge in [0.25, 0.3) is 0 Å². The number of anilines is 2. The Labute approximate surface area is 154 Å². The number of thiazole rings is 1. The zero-order valence-electron chi connectivity index (χ0n) is 13.0. The normalized spacial score (nSPS) is 10.5. The average Bonchev–Trinajstić information content (AvgIpc) is 3.06. The van der Waals surface area contributed by atoms with Gasteiger partial charge in [0.15, 0.2) is 5.13 Å². The molecule has 0 atom stereocenters. The van der Waals surface area contributed by atoms with E-state index < -0.39 is 0 Å². The Balaban J connectivity index is 1.90. The summed E-state index contributed by atoms with van der Waals surface area (Å²) in [6, 6.07) is 11.0. The maximum Gasteiger partial charge on any atom is 0.187 e. The smallest absolute Gasteiger partial charge is 0.187 e. The molecule has 24 heavy (non-hydrogen) atoms. The number of nitrogens with one attached hydrogen (secondary N) is 1. The van der Waals surface area contributed by atoms with Crippen LogP contribution in [0.4, 0.5) is 10.8 Å². The lowest BCUT2D eigenvalue weighted by atomic mass is 10.1. The lowest BCUT2D eigenvalue weighted by Crippen LogP contribution is -1.92. The second-order valence-corrected chi connectivity index (χ2v) is 6.47. The fourth-order valence-electron chi connectivity index (χ4n) is 2.18. The van der Waals surface area contributed by atoms with Gasteiger partial charge in [-0.25, -0.2) is 4.98 Å². The molecule has 0 amide bonds. The van der Waals surface area contributed by atoms with Crippen LogP contribution >= 0.6 is 34.5 Å². The van der Waals surface area contributed by atoms with Crippen molar-refractivity contribution in [3.05, 3.63) is 51.8 Å². The number of hydrogen-bond acceptors (Lipinski definition) is 5. The van der Waals surface area contributed by atoms with E-state index in [-0.39, 0.29) is 0 Å². The molecule has 1 heterocycles. The fourth-order valence-corrected chi connectivity index (χ4v) is 3.25. The van der Waals surface area contributed by atoms with E-state index in [0.717, 1.165) is 17.0 Å². The largest absolute Gasteiger partial charge is 0.497 e. The Hall–Kier alpha value is -1.95. The van der Waals surface area contributed by atoms with Crippen LogP contribution in [-0.2, 0) is 0 Å². The van der Waals surface area contributed by atoms with Gasteiger partial charge in [-0.05, 0) is 24.3 Å². The highest BCUT2D eigenvalue weighted by Crippen LogP contribution is 2.37. The summed E-state index contributed by atoms with van der Waals surface area (Å²) in [6.07, 6.45) is 0. The molecule has 1 N–H and O–H groups in total. The van der Waals surface area contributed by atoms with Gasteiger partial charge >= 0.3 is 0 Å². The van der Waals surface area contributed by atoms with Crippen molar-refractivity contribution in [3.63, 3.8) is 0 Å². The first-order chi connectivity index (χ1) is 11.6. The summed E-state index contributed by atoms with van der Waals surface area (Å²) < 4.78 is 10.6. The van der Waals surface area contributed by atoms with E-state index >= 15 is 0 Å². The molecule has 2 aromatic carbocycles. The van der Waals surface area contributed by atoms with Crippen LogP contribution in [0.2, 0.25) is 10.0 Å². The van der Waals surface area contributed by atoms with Gasteiger partial charge < -0.3 is 14.8 Å².